The summed E-state index contributed by atoms with van der Waals surface area (Å²) in [4.78, 5) is 4.51. The Kier molecular flexibility index (Phi) is 3.22. The van der Waals surface area contributed by atoms with Gasteiger partial charge in [0.1, 0.15) is 0 Å². The van der Waals surface area contributed by atoms with Gasteiger partial charge in [0, 0.05) is 19.3 Å². The smallest absolute Gasteiger partial charge is 0.203 e. The van der Waals surface area contributed by atoms with Crippen molar-refractivity contribution in [3.63, 3.8) is 0 Å². The number of hydrogen-bond acceptors (Lipinski definition) is 2. The number of nitrogens with one attached hydrogen (secondary N) is 1. The van der Waals surface area contributed by atoms with E-state index in [1.807, 2.05) is 6.92 Å². The van der Waals surface area contributed by atoms with Gasteiger partial charge in [-0.3, -0.25) is 0 Å². The molecule has 2 rings (SSSR count). The Morgan fingerprint density at radius 1 is 1.50 bits per heavy atom. The average molecular weight is 221 g/mol. The van der Waals surface area contributed by atoms with Crippen LogP contribution in [0.1, 0.15) is 38.8 Å². The SMILES string of the molecule is CCC1CCC(Nc2nc(C)cn2C)C1C. The molecule has 1 fully saturated rings. The van der Waals surface area contributed by atoms with Gasteiger partial charge in [0.15, 0.2) is 0 Å². The zero-order chi connectivity index (χ0) is 11.7. The summed E-state index contributed by atoms with van der Waals surface area (Å²) in [6, 6.07) is 0.602. The van der Waals surface area contributed by atoms with Gasteiger partial charge in [-0.2, -0.15) is 0 Å². The van der Waals surface area contributed by atoms with Crippen LogP contribution in [0.5, 0.6) is 0 Å². The van der Waals surface area contributed by atoms with Gasteiger partial charge in [-0.15, -0.1) is 0 Å². The van der Waals surface area contributed by atoms with Crippen LogP contribution in [-0.2, 0) is 7.05 Å². The quantitative estimate of drug-likeness (QED) is 0.850. The first-order chi connectivity index (χ1) is 7.61. The molecule has 1 aliphatic carbocycles. The molecule has 3 unspecified atom stereocenters. The van der Waals surface area contributed by atoms with Crippen LogP contribution in [0.4, 0.5) is 5.95 Å². The Hall–Kier alpha value is -0.990. The van der Waals surface area contributed by atoms with Crippen molar-refractivity contribution in [2.75, 3.05) is 5.32 Å². The fraction of sp³-hybridized carbons (Fsp3) is 0.769. The maximum atomic E-state index is 4.51. The second-order valence-electron chi connectivity index (χ2n) is 5.17. The second kappa shape index (κ2) is 4.48. The Morgan fingerprint density at radius 2 is 2.25 bits per heavy atom. The van der Waals surface area contributed by atoms with Crippen molar-refractivity contribution < 1.29 is 0 Å². The first kappa shape index (κ1) is 11.5. The zero-order valence-electron chi connectivity index (χ0n) is 10.8. The van der Waals surface area contributed by atoms with Crippen LogP contribution in [0, 0.1) is 18.8 Å². The van der Waals surface area contributed by atoms with E-state index >= 15 is 0 Å². The van der Waals surface area contributed by atoms with Gasteiger partial charge in [-0.1, -0.05) is 20.3 Å². The van der Waals surface area contributed by atoms with Crippen molar-refractivity contribution in [1.29, 1.82) is 0 Å². The molecule has 3 nitrogen and oxygen atoms in total. The first-order valence-electron chi connectivity index (χ1n) is 6.38. The van der Waals surface area contributed by atoms with E-state index in [1.165, 1.54) is 19.3 Å². The van der Waals surface area contributed by atoms with Crippen molar-refractivity contribution in [2.24, 2.45) is 18.9 Å². The van der Waals surface area contributed by atoms with Crippen LogP contribution in [0.25, 0.3) is 0 Å². The van der Waals surface area contributed by atoms with Crippen LogP contribution < -0.4 is 5.32 Å². The fourth-order valence-electron chi connectivity index (χ4n) is 2.94. The molecule has 1 aliphatic rings. The van der Waals surface area contributed by atoms with Gasteiger partial charge in [0.05, 0.1) is 5.69 Å². The maximum absolute atomic E-state index is 4.51. The third-order valence-electron chi connectivity index (χ3n) is 4.06. The van der Waals surface area contributed by atoms with Gasteiger partial charge >= 0.3 is 0 Å². The van der Waals surface area contributed by atoms with Crippen molar-refractivity contribution in [2.45, 2.75) is 46.1 Å². The molecular weight excluding hydrogens is 198 g/mol. The molecule has 1 saturated carbocycles. The van der Waals surface area contributed by atoms with Gasteiger partial charge < -0.3 is 9.88 Å². The number of rotatable bonds is 3. The van der Waals surface area contributed by atoms with E-state index in [-0.39, 0.29) is 0 Å². The van der Waals surface area contributed by atoms with Crippen molar-refractivity contribution in [3.8, 4) is 0 Å². The number of imidazole rings is 1. The van der Waals surface area contributed by atoms with Crippen molar-refractivity contribution in [1.82, 2.24) is 9.55 Å². The lowest BCUT2D eigenvalue weighted by molar-refractivity contribution is 0.391. The summed E-state index contributed by atoms with van der Waals surface area (Å²) in [5.74, 6) is 2.67. The summed E-state index contributed by atoms with van der Waals surface area (Å²) < 4.78 is 2.08. The number of hydrogen-bond donors (Lipinski definition) is 1. The molecule has 0 saturated heterocycles. The number of aromatic nitrogens is 2. The van der Waals surface area contributed by atoms with Gasteiger partial charge in [-0.05, 0) is 31.6 Å². The van der Waals surface area contributed by atoms with E-state index in [1.54, 1.807) is 0 Å². The van der Waals surface area contributed by atoms with Gasteiger partial charge in [0.2, 0.25) is 5.95 Å². The predicted octanol–water partition coefficient (Wildman–Crippen LogP) is 2.97. The molecule has 16 heavy (non-hydrogen) atoms. The Labute approximate surface area is 98.3 Å². The molecule has 0 aromatic carbocycles. The minimum Gasteiger partial charge on any atom is -0.353 e. The molecule has 90 valence electrons. The Bertz CT molecular complexity index is 356. The standard InChI is InChI=1S/C13H23N3/c1-5-11-6-7-12(10(11)3)15-13-14-9(2)8-16(13)4/h8,10-12H,5-7H2,1-4H3,(H,14,15). The van der Waals surface area contributed by atoms with E-state index in [0.29, 0.717) is 6.04 Å². The lowest BCUT2D eigenvalue weighted by atomic mass is 9.94. The highest BCUT2D eigenvalue weighted by molar-refractivity contribution is 5.30. The fourth-order valence-corrected chi connectivity index (χ4v) is 2.94. The topological polar surface area (TPSA) is 29.9 Å². The third kappa shape index (κ3) is 2.08. The van der Waals surface area contributed by atoms with Crippen molar-refractivity contribution >= 4 is 5.95 Å². The molecule has 1 heterocycles. The highest BCUT2D eigenvalue weighted by Gasteiger charge is 2.31. The second-order valence-corrected chi connectivity index (χ2v) is 5.17. The molecule has 0 radical (unpaired) electrons. The molecule has 0 bridgehead atoms. The van der Waals surface area contributed by atoms with E-state index in [4.69, 9.17) is 0 Å². The maximum Gasteiger partial charge on any atom is 0.203 e. The molecule has 3 atom stereocenters. The molecule has 3 heteroatoms. The molecule has 1 N–H and O–H groups in total. The highest BCUT2D eigenvalue weighted by Crippen LogP contribution is 2.35. The highest BCUT2D eigenvalue weighted by atomic mass is 15.2. The number of nitrogens with zero attached hydrogens (tertiary/aromatic N) is 2. The summed E-state index contributed by atoms with van der Waals surface area (Å²) in [6.07, 6.45) is 6.02. The van der Waals surface area contributed by atoms with E-state index < -0.39 is 0 Å². The summed E-state index contributed by atoms with van der Waals surface area (Å²) in [6.45, 7) is 6.71. The summed E-state index contributed by atoms with van der Waals surface area (Å²) in [5, 5.41) is 3.60. The lowest BCUT2D eigenvalue weighted by Crippen LogP contribution is -2.26. The molecule has 1 aromatic heterocycles. The summed E-state index contributed by atoms with van der Waals surface area (Å²) in [5.41, 5.74) is 1.09. The number of anilines is 1. The van der Waals surface area contributed by atoms with E-state index in [2.05, 4.69) is 42.0 Å². The minimum absolute atomic E-state index is 0.602. The lowest BCUT2D eigenvalue weighted by Gasteiger charge is -2.21. The van der Waals surface area contributed by atoms with Gasteiger partial charge in [0.25, 0.3) is 0 Å². The van der Waals surface area contributed by atoms with E-state index in [9.17, 15) is 0 Å². The average Bonchev–Trinajstić information content (AvgIpc) is 2.73. The Morgan fingerprint density at radius 3 is 2.75 bits per heavy atom. The minimum atomic E-state index is 0.602. The van der Waals surface area contributed by atoms with Crippen molar-refractivity contribution in [3.05, 3.63) is 11.9 Å². The van der Waals surface area contributed by atoms with Crippen LogP contribution in [-0.4, -0.2) is 15.6 Å². The summed E-state index contributed by atoms with van der Waals surface area (Å²) in [7, 11) is 2.05. The molecule has 0 amide bonds. The zero-order valence-corrected chi connectivity index (χ0v) is 10.8. The molecule has 1 aromatic rings. The van der Waals surface area contributed by atoms with Crippen LogP contribution in [0.15, 0.2) is 6.20 Å². The molecule has 0 spiro atoms. The first-order valence-corrected chi connectivity index (χ1v) is 6.38. The van der Waals surface area contributed by atoms with Gasteiger partial charge in [-0.25, -0.2) is 4.98 Å². The van der Waals surface area contributed by atoms with Crippen LogP contribution in [0.2, 0.25) is 0 Å². The normalized spacial score (nSPS) is 29.6. The largest absolute Gasteiger partial charge is 0.353 e. The summed E-state index contributed by atoms with van der Waals surface area (Å²) >= 11 is 0. The third-order valence-corrected chi connectivity index (χ3v) is 4.06. The molecule has 0 aliphatic heterocycles. The van der Waals surface area contributed by atoms with E-state index in [0.717, 1.165) is 23.5 Å². The molecular formula is C13H23N3. The Balaban J connectivity index is 2.03. The number of aryl methyl sites for hydroxylation is 2. The monoisotopic (exact) mass is 221 g/mol. The predicted molar refractivity (Wildman–Crippen MR) is 67.5 cm³/mol. The van der Waals surface area contributed by atoms with Crippen LogP contribution in [0.3, 0.4) is 0 Å². The van der Waals surface area contributed by atoms with Crippen LogP contribution >= 0.6 is 0 Å².